The Balaban J connectivity index is 1.65. The second-order valence-electron chi connectivity index (χ2n) is 6.78. The summed E-state index contributed by atoms with van der Waals surface area (Å²) in [5.74, 6) is 1.92. The first-order valence-corrected chi connectivity index (χ1v) is 9.17. The van der Waals surface area contributed by atoms with Crippen LogP contribution in [0.1, 0.15) is 24.0 Å². The SMILES string of the molecule is Cn1cc2c(n1)NC(=NCc1ccc(Cl)c(Cl)c1)C1(CCOCC1)C2. The van der Waals surface area contributed by atoms with E-state index >= 15 is 0 Å². The molecule has 0 aliphatic carbocycles. The zero-order valence-corrected chi connectivity index (χ0v) is 15.6. The maximum atomic E-state index is 6.12. The Hall–Kier alpha value is -1.56. The third-order valence-corrected chi connectivity index (χ3v) is 5.77. The van der Waals surface area contributed by atoms with E-state index in [-0.39, 0.29) is 5.41 Å². The van der Waals surface area contributed by atoms with Gasteiger partial charge in [-0.15, -0.1) is 0 Å². The van der Waals surface area contributed by atoms with Crippen LogP contribution in [0.3, 0.4) is 0 Å². The lowest BCUT2D eigenvalue weighted by Crippen LogP contribution is -2.45. The van der Waals surface area contributed by atoms with Crippen LogP contribution in [0.5, 0.6) is 0 Å². The molecule has 1 saturated heterocycles. The van der Waals surface area contributed by atoms with Crippen LogP contribution in [0.4, 0.5) is 5.82 Å². The first-order valence-electron chi connectivity index (χ1n) is 8.42. The molecule has 1 aromatic heterocycles. The van der Waals surface area contributed by atoms with Gasteiger partial charge < -0.3 is 10.1 Å². The Morgan fingerprint density at radius 1 is 1.28 bits per heavy atom. The van der Waals surface area contributed by atoms with Crippen molar-refractivity contribution in [3.05, 3.63) is 45.6 Å². The Labute approximate surface area is 157 Å². The van der Waals surface area contributed by atoms with Gasteiger partial charge >= 0.3 is 0 Å². The van der Waals surface area contributed by atoms with Crippen LogP contribution in [0.2, 0.25) is 10.0 Å². The van der Waals surface area contributed by atoms with Crippen LogP contribution in [-0.4, -0.2) is 28.8 Å². The first-order chi connectivity index (χ1) is 12.1. The van der Waals surface area contributed by atoms with E-state index in [2.05, 4.69) is 16.6 Å². The molecule has 2 aliphatic rings. The van der Waals surface area contributed by atoms with Crippen molar-refractivity contribution in [3.8, 4) is 0 Å². The monoisotopic (exact) mass is 378 g/mol. The molecule has 25 heavy (non-hydrogen) atoms. The van der Waals surface area contributed by atoms with Gasteiger partial charge in [0.25, 0.3) is 0 Å². The average Bonchev–Trinajstić information content (AvgIpc) is 2.95. The molecule has 0 amide bonds. The Kier molecular flexibility index (Phi) is 4.48. The van der Waals surface area contributed by atoms with Crippen molar-refractivity contribution >= 4 is 34.9 Å². The van der Waals surface area contributed by atoms with Gasteiger partial charge in [-0.25, -0.2) is 0 Å². The molecule has 1 fully saturated rings. The van der Waals surface area contributed by atoms with E-state index in [4.69, 9.17) is 32.9 Å². The summed E-state index contributed by atoms with van der Waals surface area (Å²) in [5.41, 5.74) is 2.29. The number of halogens is 2. The van der Waals surface area contributed by atoms with Crippen molar-refractivity contribution in [2.45, 2.75) is 25.8 Å². The molecule has 1 N–H and O–H groups in total. The Bertz CT molecular complexity index is 824. The van der Waals surface area contributed by atoms with Gasteiger partial charge in [0.1, 0.15) is 5.84 Å². The standard InChI is InChI=1S/C18H20Cl2N4O/c1-24-11-13-9-18(4-6-25-7-5-18)17(22-16(13)23-24)21-10-12-2-3-14(19)15(20)8-12/h2-3,8,11H,4-7,9-10H2,1H3,(H,21,22,23). The minimum atomic E-state index is 0.00447. The third-order valence-electron chi connectivity index (χ3n) is 5.03. The quantitative estimate of drug-likeness (QED) is 0.855. The van der Waals surface area contributed by atoms with Crippen LogP contribution in [-0.2, 0) is 24.8 Å². The summed E-state index contributed by atoms with van der Waals surface area (Å²) in [5, 5.41) is 9.11. The molecule has 132 valence electrons. The molecule has 0 bridgehead atoms. The largest absolute Gasteiger partial charge is 0.381 e. The number of aromatic nitrogens is 2. The molecule has 2 aliphatic heterocycles. The second-order valence-corrected chi connectivity index (χ2v) is 7.60. The number of benzene rings is 1. The highest BCUT2D eigenvalue weighted by Crippen LogP contribution is 2.41. The lowest BCUT2D eigenvalue weighted by Gasteiger charge is -2.41. The predicted molar refractivity (Wildman–Crippen MR) is 101 cm³/mol. The number of fused-ring (bicyclic) bond motifs is 1. The number of ether oxygens (including phenoxy) is 1. The van der Waals surface area contributed by atoms with Gasteiger partial charge in [0.2, 0.25) is 0 Å². The molecule has 0 unspecified atom stereocenters. The molecule has 1 aromatic carbocycles. The fraction of sp³-hybridized carbons (Fsp3) is 0.444. The number of anilines is 1. The highest BCUT2D eigenvalue weighted by Gasteiger charge is 2.42. The van der Waals surface area contributed by atoms with Crippen molar-refractivity contribution < 1.29 is 4.74 Å². The summed E-state index contributed by atoms with van der Waals surface area (Å²) in [6.07, 6.45) is 4.98. The summed E-state index contributed by atoms with van der Waals surface area (Å²) < 4.78 is 7.45. The minimum absolute atomic E-state index is 0.00447. The van der Waals surface area contributed by atoms with Gasteiger partial charge in [-0.05, 0) is 37.0 Å². The molecule has 2 aromatic rings. The van der Waals surface area contributed by atoms with E-state index < -0.39 is 0 Å². The molecular weight excluding hydrogens is 359 g/mol. The zero-order valence-electron chi connectivity index (χ0n) is 14.1. The van der Waals surface area contributed by atoms with Gasteiger partial charge in [-0.1, -0.05) is 29.3 Å². The molecule has 3 heterocycles. The first kappa shape index (κ1) is 16.9. The van der Waals surface area contributed by atoms with E-state index in [1.807, 2.05) is 29.9 Å². The maximum absolute atomic E-state index is 6.12. The topological polar surface area (TPSA) is 51.4 Å². The van der Waals surface area contributed by atoms with Crippen molar-refractivity contribution in [3.63, 3.8) is 0 Å². The second kappa shape index (κ2) is 6.63. The lowest BCUT2D eigenvalue weighted by molar-refractivity contribution is 0.0448. The predicted octanol–water partition coefficient (Wildman–Crippen LogP) is 4.09. The number of hydrogen-bond acceptors (Lipinski definition) is 3. The summed E-state index contributed by atoms with van der Waals surface area (Å²) in [6, 6.07) is 5.65. The minimum Gasteiger partial charge on any atom is -0.381 e. The normalized spacial score (nSPS) is 20.5. The van der Waals surface area contributed by atoms with Crippen molar-refractivity contribution in [1.82, 2.24) is 9.78 Å². The molecule has 0 saturated carbocycles. The fourth-order valence-corrected chi connectivity index (χ4v) is 3.98. The lowest BCUT2D eigenvalue weighted by atomic mass is 9.72. The van der Waals surface area contributed by atoms with Crippen LogP contribution in [0.15, 0.2) is 29.4 Å². The zero-order chi connectivity index (χ0) is 17.4. The third kappa shape index (κ3) is 3.28. The van der Waals surface area contributed by atoms with Crippen LogP contribution >= 0.6 is 23.2 Å². The summed E-state index contributed by atoms with van der Waals surface area (Å²) in [6.45, 7) is 2.09. The fourth-order valence-electron chi connectivity index (χ4n) is 3.66. The van der Waals surface area contributed by atoms with Crippen LogP contribution in [0.25, 0.3) is 0 Å². The van der Waals surface area contributed by atoms with Crippen LogP contribution < -0.4 is 5.32 Å². The number of amidine groups is 1. The van der Waals surface area contributed by atoms with Crippen molar-refractivity contribution in [2.75, 3.05) is 18.5 Å². The van der Waals surface area contributed by atoms with E-state index in [0.717, 1.165) is 49.7 Å². The highest BCUT2D eigenvalue weighted by atomic mass is 35.5. The van der Waals surface area contributed by atoms with Gasteiger partial charge in [0.15, 0.2) is 5.82 Å². The summed E-state index contributed by atoms with van der Waals surface area (Å²) >= 11 is 12.1. The van der Waals surface area contributed by atoms with Gasteiger partial charge in [0, 0.05) is 37.4 Å². The van der Waals surface area contributed by atoms with E-state index in [1.54, 1.807) is 0 Å². The Morgan fingerprint density at radius 3 is 2.84 bits per heavy atom. The van der Waals surface area contributed by atoms with Gasteiger partial charge in [-0.3, -0.25) is 9.67 Å². The number of nitrogens with one attached hydrogen (secondary N) is 1. The van der Waals surface area contributed by atoms with Crippen LogP contribution in [0, 0.1) is 5.41 Å². The number of rotatable bonds is 2. The summed E-state index contributed by atoms with van der Waals surface area (Å²) in [4.78, 5) is 4.91. The van der Waals surface area contributed by atoms with Gasteiger partial charge in [0.05, 0.1) is 16.6 Å². The molecule has 5 nitrogen and oxygen atoms in total. The smallest absolute Gasteiger partial charge is 0.156 e. The molecule has 7 heteroatoms. The maximum Gasteiger partial charge on any atom is 0.156 e. The number of aliphatic imine (C=N–C) groups is 1. The molecule has 0 radical (unpaired) electrons. The van der Waals surface area contributed by atoms with Crippen molar-refractivity contribution in [1.29, 1.82) is 0 Å². The highest BCUT2D eigenvalue weighted by molar-refractivity contribution is 6.42. The number of hydrogen-bond donors (Lipinski definition) is 1. The molecule has 1 spiro atoms. The Morgan fingerprint density at radius 2 is 2.08 bits per heavy atom. The number of aryl methyl sites for hydroxylation is 1. The van der Waals surface area contributed by atoms with Crippen molar-refractivity contribution in [2.24, 2.45) is 17.5 Å². The van der Waals surface area contributed by atoms with Gasteiger partial charge in [-0.2, -0.15) is 5.10 Å². The molecular formula is C18H20Cl2N4O. The van der Waals surface area contributed by atoms with E-state index in [9.17, 15) is 0 Å². The molecule has 0 atom stereocenters. The molecule has 4 rings (SSSR count). The van der Waals surface area contributed by atoms with E-state index in [1.165, 1.54) is 5.56 Å². The van der Waals surface area contributed by atoms with E-state index in [0.29, 0.717) is 16.6 Å². The summed E-state index contributed by atoms with van der Waals surface area (Å²) in [7, 11) is 1.95. The number of nitrogens with zero attached hydrogens (tertiary/aromatic N) is 3. The average molecular weight is 379 g/mol.